The van der Waals surface area contributed by atoms with Gasteiger partial charge in [0.25, 0.3) is 0 Å². The predicted molar refractivity (Wildman–Crippen MR) is 104 cm³/mol. The van der Waals surface area contributed by atoms with Gasteiger partial charge in [0.1, 0.15) is 18.2 Å². The summed E-state index contributed by atoms with van der Waals surface area (Å²) in [6, 6.07) is 5.60. The maximum Gasteiger partial charge on any atom is 0.190 e. The Hall–Kier alpha value is -2.51. The molecule has 1 aliphatic rings. The Bertz CT molecular complexity index is 1010. The first kappa shape index (κ1) is 19.8. The van der Waals surface area contributed by atoms with E-state index in [1.165, 1.54) is 18.2 Å². The van der Waals surface area contributed by atoms with E-state index >= 15 is 0 Å². The van der Waals surface area contributed by atoms with Gasteiger partial charge in [-0.25, -0.2) is 13.8 Å². The molecule has 0 radical (unpaired) electrons. The Morgan fingerprint density at radius 3 is 2.66 bits per heavy atom. The van der Waals surface area contributed by atoms with Crippen LogP contribution in [-0.2, 0) is 22.5 Å². The van der Waals surface area contributed by atoms with Gasteiger partial charge in [0.2, 0.25) is 0 Å². The maximum absolute atomic E-state index is 14.0. The molecule has 4 rings (SSSR count). The number of imidazole rings is 1. The Labute approximate surface area is 168 Å². The number of benzene rings is 1. The summed E-state index contributed by atoms with van der Waals surface area (Å²) in [5.41, 5.74) is 3.32. The molecule has 0 aliphatic carbocycles. The van der Waals surface area contributed by atoms with E-state index in [-0.39, 0.29) is 24.6 Å². The number of aryl methyl sites for hydroxylation is 2. The topological polar surface area (TPSA) is 48.3 Å². The van der Waals surface area contributed by atoms with Crippen LogP contribution in [0.5, 0.6) is 5.75 Å². The third-order valence-corrected chi connectivity index (χ3v) is 4.91. The number of hydrogen-bond donors (Lipinski definition) is 0. The van der Waals surface area contributed by atoms with Gasteiger partial charge in [0, 0.05) is 12.8 Å². The fraction of sp³-hybridized carbons (Fsp3) is 0.409. The Kier molecular flexibility index (Phi) is 5.52. The van der Waals surface area contributed by atoms with Gasteiger partial charge in [-0.05, 0) is 44.0 Å². The number of nitrogens with zero attached hydrogens (tertiary/aromatic N) is 2. The summed E-state index contributed by atoms with van der Waals surface area (Å²) in [5, 5.41) is 0. The molecule has 0 amide bonds. The number of ether oxygens (including phenoxy) is 3. The van der Waals surface area contributed by atoms with E-state index in [2.05, 4.69) is 6.92 Å². The number of aromatic nitrogens is 2. The van der Waals surface area contributed by atoms with Crippen LogP contribution in [0.2, 0.25) is 0 Å². The van der Waals surface area contributed by atoms with Crippen LogP contribution in [0.4, 0.5) is 8.78 Å². The van der Waals surface area contributed by atoms with Crippen molar-refractivity contribution in [2.75, 3.05) is 6.61 Å². The van der Waals surface area contributed by atoms with E-state index in [1.807, 2.05) is 30.5 Å². The van der Waals surface area contributed by atoms with Gasteiger partial charge >= 0.3 is 0 Å². The van der Waals surface area contributed by atoms with Crippen LogP contribution in [0, 0.1) is 18.6 Å². The van der Waals surface area contributed by atoms with Crippen molar-refractivity contribution in [3.63, 3.8) is 0 Å². The van der Waals surface area contributed by atoms with E-state index in [4.69, 9.17) is 19.2 Å². The molecule has 3 aromatic rings. The minimum absolute atomic E-state index is 0.102. The van der Waals surface area contributed by atoms with Crippen molar-refractivity contribution in [1.29, 1.82) is 0 Å². The van der Waals surface area contributed by atoms with E-state index in [0.29, 0.717) is 18.0 Å². The van der Waals surface area contributed by atoms with Gasteiger partial charge in [0.15, 0.2) is 23.8 Å². The zero-order valence-corrected chi connectivity index (χ0v) is 16.7. The Balaban J connectivity index is 1.71. The molecule has 5 nitrogen and oxygen atoms in total. The molecule has 154 valence electrons. The van der Waals surface area contributed by atoms with Crippen LogP contribution >= 0.6 is 0 Å². The van der Waals surface area contributed by atoms with Gasteiger partial charge in [-0.2, -0.15) is 0 Å². The molecule has 29 heavy (non-hydrogen) atoms. The smallest absolute Gasteiger partial charge is 0.190 e. The minimum Gasteiger partial charge on any atom is -0.485 e. The third-order valence-electron chi connectivity index (χ3n) is 4.91. The largest absolute Gasteiger partial charge is 0.485 e. The SMILES string of the molecule is CCCc1nc2c(OCc3c(F)cccc3F)cc(C)cn2c1C1OC1OCC. The highest BCUT2D eigenvalue weighted by molar-refractivity contribution is 5.58. The summed E-state index contributed by atoms with van der Waals surface area (Å²) in [7, 11) is 0. The average Bonchev–Trinajstić information content (AvgIpc) is 3.33. The van der Waals surface area contributed by atoms with Crippen LogP contribution < -0.4 is 4.74 Å². The monoisotopic (exact) mass is 402 g/mol. The van der Waals surface area contributed by atoms with Crippen LogP contribution in [0.25, 0.3) is 5.65 Å². The van der Waals surface area contributed by atoms with E-state index in [9.17, 15) is 8.78 Å². The van der Waals surface area contributed by atoms with E-state index in [0.717, 1.165) is 29.8 Å². The summed E-state index contributed by atoms with van der Waals surface area (Å²) >= 11 is 0. The highest BCUT2D eigenvalue weighted by Gasteiger charge is 2.45. The fourth-order valence-corrected chi connectivity index (χ4v) is 3.54. The Morgan fingerprint density at radius 1 is 1.21 bits per heavy atom. The maximum atomic E-state index is 14.0. The minimum atomic E-state index is -0.629. The van der Waals surface area contributed by atoms with Crippen LogP contribution in [0.15, 0.2) is 30.5 Å². The number of hydrogen-bond acceptors (Lipinski definition) is 4. The summed E-state index contributed by atoms with van der Waals surface area (Å²) in [4.78, 5) is 4.77. The summed E-state index contributed by atoms with van der Waals surface area (Å²) in [6.45, 7) is 6.31. The quantitative estimate of drug-likeness (QED) is 0.504. The fourth-order valence-electron chi connectivity index (χ4n) is 3.54. The molecule has 7 heteroatoms. The van der Waals surface area contributed by atoms with Crippen molar-refractivity contribution in [3.8, 4) is 5.75 Å². The molecule has 1 fully saturated rings. The third kappa shape index (κ3) is 3.84. The van der Waals surface area contributed by atoms with Gasteiger partial charge in [0.05, 0.1) is 17.0 Å². The van der Waals surface area contributed by atoms with Crippen molar-refractivity contribution in [3.05, 3.63) is 64.6 Å². The molecule has 0 saturated carbocycles. The van der Waals surface area contributed by atoms with Gasteiger partial charge in [-0.15, -0.1) is 0 Å². The van der Waals surface area contributed by atoms with Crippen molar-refractivity contribution >= 4 is 5.65 Å². The molecule has 1 aromatic carbocycles. The van der Waals surface area contributed by atoms with Crippen molar-refractivity contribution in [1.82, 2.24) is 9.38 Å². The molecule has 0 N–H and O–H groups in total. The van der Waals surface area contributed by atoms with E-state index < -0.39 is 11.6 Å². The molecular weight excluding hydrogens is 378 g/mol. The van der Waals surface area contributed by atoms with Crippen LogP contribution in [-0.4, -0.2) is 22.3 Å². The second kappa shape index (κ2) is 8.08. The first-order valence-corrected chi connectivity index (χ1v) is 9.87. The lowest BCUT2D eigenvalue weighted by Crippen LogP contribution is -2.04. The first-order chi connectivity index (χ1) is 14.0. The standard InChI is InChI=1S/C22H24F2N2O3/c1-4-7-17-19(20-22(29-20)27-5-2)26-11-13(3)10-18(21(26)25-17)28-12-14-15(23)8-6-9-16(14)24/h6,8-11,20,22H,4-5,7,12H2,1-3H3. The second-order valence-corrected chi connectivity index (χ2v) is 7.14. The number of pyridine rings is 1. The predicted octanol–water partition coefficient (Wildman–Crippen LogP) is 4.89. The number of fused-ring (bicyclic) bond motifs is 1. The van der Waals surface area contributed by atoms with Gasteiger partial charge in [-0.1, -0.05) is 19.4 Å². The second-order valence-electron chi connectivity index (χ2n) is 7.14. The zero-order chi connectivity index (χ0) is 20.5. The first-order valence-electron chi connectivity index (χ1n) is 9.87. The van der Waals surface area contributed by atoms with Crippen LogP contribution in [0.3, 0.4) is 0 Å². The number of epoxide rings is 1. The summed E-state index contributed by atoms with van der Waals surface area (Å²) < 4.78 is 47.0. The lowest BCUT2D eigenvalue weighted by Gasteiger charge is -2.11. The lowest BCUT2D eigenvalue weighted by atomic mass is 10.1. The van der Waals surface area contributed by atoms with Crippen molar-refractivity contribution < 1.29 is 23.0 Å². The molecule has 1 saturated heterocycles. The van der Waals surface area contributed by atoms with Gasteiger partial charge in [-0.3, -0.25) is 4.40 Å². The highest BCUT2D eigenvalue weighted by atomic mass is 19.1. The average molecular weight is 402 g/mol. The number of rotatable bonds is 8. The summed E-state index contributed by atoms with van der Waals surface area (Å²) in [5.74, 6) is -0.782. The Morgan fingerprint density at radius 2 is 1.97 bits per heavy atom. The normalized spacial score (nSPS) is 18.4. The molecule has 1 aliphatic heterocycles. The highest BCUT2D eigenvalue weighted by Crippen LogP contribution is 2.42. The number of halogens is 2. The van der Waals surface area contributed by atoms with Crippen molar-refractivity contribution in [2.24, 2.45) is 0 Å². The zero-order valence-electron chi connectivity index (χ0n) is 16.7. The lowest BCUT2D eigenvalue weighted by molar-refractivity contribution is 0.0593. The van der Waals surface area contributed by atoms with Crippen molar-refractivity contribution in [2.45, 2.75) is 52.6 Å². The molecule has 0 bridgehead atoms. The molecular formula is C22H24F2N2O3. The van der Waals surface area contributed by atoms with Crippen LogP contribution in [0.1, 0.15) is 48.9 Å². The summed E-state index contributed by atoms with van der Waals surface area (Å²) in [6.07, 6.45) is 3.24. The molecule has 3 heterocycles. The molecule has 2 atom stereocenters. The molecule has 2 aromatic heterocycles. The van der Waals surface area contributed by atoms with Gasteiger partial charge < -0.3 is 14.2 Å². The van der Waals surface area contributed by atoms with E-state index in [1.54, 1.807) is 0 Å². The molecule has 0 spiro atoms. The molecule has 2 unspecified atom stereocenters.